The number of hydrogen-bond acceptors (Lipinski definition) is 3. The van der Waals surface area contributed by atoms with Crippen LogP contribution in [0.25, 0.3) is 142 Å². The minimum absolute atomic E-state index is 0.396. The molecule has 4 heterocycles. The summed E-state index contributed by atoms with van der Waals surface area (Å²) >= 11 is 0. The molecule has 0 N–H and O–H groups in total. The van der Waals surface area contributed by atoms with E-state index in [0.29, 0.717) is 56.7 Å². The summed E-state index contributed by atoms with van der Waals surface area (Å²) in [5, 5.41) is 17.7. The molecule has 0 radical (unpaired) electrons. The van der Waals surface area contributed by atoms with E-state index in [1.54, 1.807) is 24.3 Å². The van der Waals surface area contributed by atoms with Crippen LogP contribution in [0.4, 0.5) is 17.1 Å². The van der Waals surface area contributed by atoms with Crippen molar-refractivity contribution < 1.29 is 0 Å². The molecule has 9 heteroatoms. The molecule has 9 nitrogen and oxygen atoms in total. The van der Waals surface area contributed by atoms with Crippen molar-refractivity contribution >= 4 is 82.5 Å². The van der Waals surface area contributed by atoms with Crippen molar-refractivity contribution in [1.82, 2.24) is 23.7 Å². The summed E-state index contributed by atoms with van der Waals surface area (Å²) in [4.78, 5) is 21.3. The van der Waals surface area contributed by atoms with Crippen molar-refractivity contribution in [2.75, 3.05) is 0 Å². The van der Waals surface area contributed by atoms with Crippen LogP contribution in [0, 0.1) is 31.0 Å². The molecule has 0 aliphatic heterocycles. The zero-order valence-electron chi connectivity index (χ0n) is 40.9. The third kappa shape index (κ3) is 7.13. The Bertz CT molecular complexity index is 4630. The van der Waals surface area contributed by atoms with Gasteiger partial charge in [0.2, 0.25) is 5.69 Å². The van der Waals surface area contributed by atoms with Crippen LogP contribution in [0.3, 0.4) is 0 Å². The molecule has 14 rings (SSSR count). The molecule has 354 valence electrons. The second kappa shape index (κ2) is 17.7. The highest BCUT2D eigenvalue weighted by atomic mass is 15.0. The molecule has 0 fully saturated rings. The first-order chi connectivity index (χ1) is 38.0. The van der Waals surface area contributed by atoms with E-state index < -0.39 is 0 Å². The van der Waals surface area contributed by atoms with Gasteiger partial charge in [0.1, 0.15) is 0 Å². The Morgan fingerprint density at radius 3 is 1.31 bits per heavy atom. The minimum atomic E-state index is 0.396. The molecular formula is C68H37N9. The summed E-state index contributed by atoms with van der Waals surface area (Å²) < 4.78 is 6.80. The Hall–Kier alpha value is -11.4. The second-order valence-corrected chi connectivity index (χ2v) is 19.0. The lowest BCUT2D eigenvalue weighted by atomic mass is 9.96. The molecule has 0 atom stereocenters. The number of para-hydroxylation sites is 4. The van der Waals surface area contributed by atoms with Gasteiger partial charge in [-0.25, -0.2) is 24.5 Å². The second-order valence-electron chi connectivity index (χ2n) is 19.0. The lowest BCUT2D eigenvalue weighted by Gasteiger charge is -2.15. The van der Waals surface area contributed by atoms with Crippen LogP contribution in [0.2, 0.25) is 0 Å². The van der Waals surface area contributed by atoms with Gasteiger partial charge in [-0.3, -0.25) is 0 Å². The SMILES string of the molecule is [C-]#[N+]c1cccc(-c2cc(-c3ccc(-c4cc([N+]#[C-])c(-n5c6ccc(-n7c8ccccc8c8ccccc87)cc6c6cc(-n7c8ccccc8c8ccccc87)ccc65)cc4C#N)cc3)nc(-c3cccc([N+]#[C-])c3)n2)c1. The quantitative estimate of drug-likeness (QED) is 0.149. The van der Waals surface area contributed by atoms with Crippen molar-refractivity contribution in [3.05, 3.63) is 264 Å². The van der Waals surface area contributed by atoms with E-state index in [1.165, 1.54) is 21.5 Å². The van der Waals surface area contributed by atoms with Gasteiger partial charge in [-0.2, -0.15) is 5.26 Å². The molecule has 77 heavy (non-hydrogen) atoms. The largest absolute Gasteiger partial charge is 0.319 e. The Morgan fingerprint density at radius 1 is 0.364 bits per heavy atom. The van der Waals surface area contributed by atoms with Crippen molar-refractivity contribution in [3.8, 4) is 68.2 Å². The standard InChI is InChI=1S/C68H37N9/c1-70-47-16-12-14-44(34-47)59-40-58(73-68(74-59)45-15-13-17-48(35-45)71-2)43-28-26-42(27-29-43)55-39-60(72-3)67(36-46(55)41-69)77-65-32-30-49(75-61-22-8-4-18-51(61)52-19-5-9-23-62(52)75)37-56(65)57-38-50(31-33-66(57)77)76-63-24-10-6-20-53(63)54-21-7-11-25-64(54)76/h4-40H. The first-order valence-electron chi connectivity index (χ1n) is 25.0. The van der Waals surface area contributed by atoms with Gasteiger partial charge in [-0.15, -0.1) is 0 Å². The summed E-state index contributed by atoms with van der Waals surface area (Å²) in [6.45, 7) is 24.0. The summed E-state index contributed by atoms with van der Waals surface area (Å²) in [7, 11) is 0. The molecule has 0 spiro atoms. The normalized spacial score (nSPS) is 11.3. The lowest BCUT2D eigenvalue weighted by Crippen LogP contribution is -1.98. The van der Waals surface area contributed by atoms with E-state index in [4.69, 9.17) is 29.7 Å². The van der Waals surface area contributed by atoms with Crippen molar-refractivity contribution in [2.24, 2.45) is 0 Å². The molecule has 0 saturated heterocycles. The number of aromatic nitrogens is 5. The zero-order chi connectivity index (χ0) is 51.7. The Kier molecular flexibility index (Phi) is 10.2. The van der Waals surface area contributed by atoms with E-state index >= 15 is 0 Å². The average Bonchev–Trinajstić information content (AvgIpc) is 4.23. The van der Waals surface area contributed by atoms with Crippen LogP contribution in [0.15, 0.2) is 224 Å². The summed E-state index contributed by atoms with van der Waals surface area (Å²) in [5.41, 5.74) is 15.6. The molecule has 0 bridgehead atoms. The van der Waals surface area contributed by atoms with Gasteiger partial charge < -0.3 is 13.7 Å². The Morgan fingerprint density at radius 2 is 0.818 bits per heavy atom. The van der Waals surface area contributed by atoms with Crippen molar-refractivity contribution in [2.45, 2.75) is 0 Å². The third-order valence-corrected chi connectivity index (χ3v) is 14.7. The first kappa shape index (κ1) is 44.3. The zero-order valence-corrected chi connectivity index (χ0v) is 40.9. The minimum Gasteiger partial charge on any atom is -0.319 e. The molecule has 0 saturated carbocycles. The number of rotatable bonds is 7. The van der Waals surface area contributed by atoms with Gasteiger partial charge in [-0.1, -0.05) is 133 Å². The predicted octanol–water partition coefficient (Wildman–Crippen LogP) is 18.0. The van der Waals surface area contributed by atoms with Gasteiger partial charge in [-0.05, 0) is 108 Å². The highest BCUT2D eigenvalue weighted by Gasteiger charge is 2.22. The van der Waals surface area contributed by atoms with Crippen LogP contribution < -0.4 is 0 Å². The molecule has 10 aromatic carbocycles. The van der Waals surface area contributed by atoms with Crippen LogP contribution in [0.1, 0.15) is 5.56 Å². The molecular weight excluding hydrogens is 943 g/mol. The van der Waals surface area contributed by atoms with Crippen LogP contribution in [0.5, 0.6) is 0 Å². The van der Waals surface area contributed by atoms with Crippen molar-refractivity contribution in [1.29, 1.82) is 5.26 Å². The number of benzene rings is 10. The van der Waals surface area contributed by atoms with E-state index in [1.807, 2.05) is 66.7 Å². The molecule has 14 aromatic rings. The predicted molar refractivity (Wildman–Crippen MR) is 310 cm³/mol. The maximum Gasteiger partial charge on any atom is 0.211 e. The van der Waals surface area contributed by atoms with Crippen LogP contribution in [-0.4, -0.2) is 23.7 Å². The van der Waals surface area contributed by atoms with E-state index in [0.717, 1.165) is 71.9 Å². The first-order valence-corrected chi connectivity index (χ1v) is 25.0. The van der Waals surface area contributed by atoms with Crippen LogP contribution >= 0.6 is 0 Å². The van der Waals surface area contributed by atoms with E-state index in [2.05, 4.69) is 168 Å². The molecule has 0 aliphatic carbocycles. The Balaban J connectivity index is 0.931. The molecule has 0 amide bonds. The highest BCUT2D eigenvalue weighted by molar-refractivity contribution is 6.14. The average molecular weight is 980 g/mol. The smallest absolute Gasteiger partial charge is 0.211 e. The summed E-state index contributed by atoms with van der Waals surface area (Å²) in [5.74, 6) is 0.445. The third-order valence-electron chi connectivity index (χ3n) is 14.7. The molecule has 0 aliphatic rings. The van der Waals surface area contributed by atoms with Crippen molar-refractivity contribution in [3.63, 3.8) is 0 Å². The Labute approximate surface area is 441 Å². The topological polar surface area (TPSA) is 77.4 Å². The molecule has 4 aromatic heterocycles. The highest BCUT2D eigenvalue weighted by Crippen LogP contribution is 2.43. The summed E-state index contributed by atoms with van der Waals surface area (Å²) in [6, 6.07) is 77.6. The monoisotopic (exact) mass is 979 g/mol. The number of fused-ring (bicyclic) bond motifs is 9. The summed E-state index contributed by atoms with van der Waals surface area (Å²) in [6.07, 6.45) is 0. The van der Waals surface area contributed by atoms with Gasteiger partial charge in [0.25, 0.3) is 0 Å². The fraction of sp³-hybridized carbons (Fsp3) is 0. The maximum absolute atomic E-state index is 11.0. The number of nitriles is 1. The van der Waals surface area contributed by atoms with Gasteiger partial charge in [0.05, 0.1) is 81.5 Å². The molecule has 0 unspecified atom stereocenters. The fourth-order valence-electron chi connectivity index (χ4n) is 11.3. The van der Waals surface area contributed by atoms with E-state index in [9.17, 15) is 5.26 Å². The van der Waals surface area contributed by atoms with Gasteiger partial charge >= 0.3 is 0 Å². The lowest BCUT2D eigenvalue weighted by molar-refractivity contribution is 1.16. The van der Waals surface area contributed by atoms with E-state index in [-0.39, 0.29) is 0 Å². The maximum atomic E-state index is 11.0. The number of hydrogen-bond donors (Lipinski definition) is 0. The fourth-order valence-corrected chi connectivity index (χ4v) is 11.3. The number of nitrogens with zero attached hydrogens (tertiary/aromatic N) is 9. The van der Waals surface area contributed by atoms with Crippen LogP contribution in [-0.2, 0) is 0 Å². The van der Waals surface area contributed by atoms with Gasteiger partial charge in [0.15, 0.2) is 17.2 Å². The van der Waals surface area contributed by atoms with Gasteiger partial charge in [0, 0.05) is 54.8 Å².